The van der Waals surface area contributed by atoms with Crippen molar-refractivity contribution in [2.24, 2.45) is 0 Å². The highest BCUT2D eigenvalue weighted by atomic mass is 32.1. The predicted octanol–water partition coefficient (Wildman–Crippen LogP) is 0.908. The fourth-order valence-electron chi connectivity index (χ4n) is 0.358. The average Bonchev–Trinajstić information content (AvgIpc) is 1.87. The van der Waals surface area contributed by atoms with E-state index < -0.39 is 0 Å². The van der Waals surface area contributed by atoms with E-state index in [0.29, 0.717) is 12.3 Å². The van der Waals surface area contributed by atoms with Gasteiger partial charge in [-0.15, -0.1) is 6.58 Å². The monoisotopic (exact) mass is 145 g/mol. The molecule has 0 N–H and O–H groups in total. The number of carbonyl (C=O) groups excluding carboxylic acids is 1. The third-order valence-electron chi connectivity index (χ3n) is 0.957. The zero-order valence-corrected chi connectivity index (χ0v) is 6.40. The van der Waals surface area contributed by atoms with E-state index in [2.05, 4.69) is 19.2 Å². The summed E-state index contributed by atoms with van der Waals surface area (Å²) in [5.41, 5.74) is 0. The number of thiol groups is 1. The zero-order valence-electron chi connectivity index (χ0n) is 5.50. The van der Waals surface area contributed by atoms with Crippen molar-refractivity contribution in [2.45, 2.75) is 6.42 Å². The molecule has 0 aliphatic carbocycles. The van der Waals surface area contributed by atoms with Crippen LogP contribution in [0.4, 0.5) is 0 Å². The first-order valence-electron chi connectivity index (χ1n) is 2.68. The Kier molecular flexibility index (Phi) is 4.22. The third-order valence-corrected chi connectivity index (χ3v) is 1.38. The Morgan fingerprint density at radius 1 is 1.89 bits per heavy atom. The third kappa shape index (κ3) is 3.19. The minimum Gasteiger partial charge on any atom is -0.336 e. The van der Waals surface area contributed by atoms with Gasteiger partial charge in [-0.05, 0) is 0 Å². The number of carbonyl (C=O) groups is 1. The number of hydrogen-bond acceptors (Lipinski definition) is 2. The van der Waals surface area contributed by atoms with E-state index in [9.17, 15) is 4.79 Å². The lowest BCUT2D eigenvalue weighted by molar-refractivity contribution is -0.128. The van der Waals surface area contributed by atoms with Crippen molar-refractivity contribution >= 4 is 18.5 Å². The second-order valence-electron chi connectivity index (χ2n) is 1.73. The molecule has 2 nitrogen and oxygen atoms in total. The molecule has 3 heteroatoms. The number of nitrogens with zero attached hydrogens (tertiary/aromatic N) is 1. The quantitative estimate of drug-likeness (QED) is 0.355. The number of rotatable bonds is 3. The Morgan fingerprint density at radius 3 is 2.78 bits per heavy atom. The second kappa shape index (κ2) is 4.44. The van der Waals surface area contributed by atoms with Crippen molar-refractivity contribution in [2.75, 3.05) is 12.9 Å². The van der Waals surface area contributed by atoms with Gasteiger partial charge in [0, 0.05) is 13.5 Å². The van der Waals surface area contributed by atoms with Gasteiger partial charge in [0.25, 0.3) is 0 Å². The molecule has 0 rings (SSSR count). The lowest BCUT2D eigenvalue weighted by atomic mass is 10.4. The summed E-state index contributed by atoms with van der Waals surface area (Å²) in [4.78, 5) is 12.3. The topological polar surface area (TPSA) is 20.3 Å². The van der Waals surface area contributed by atoms with Crippen LogP contribution in [0.5, 0.6) is 0 Å². The number of amides is 1. The normalized spacial score (nSPS) is 8.67. The van der Waals surface area contributed by atoms with Gasteiger partial charge in [0.2, 0.25) is 5.91 Å². The second-order valence-corrected chi connectivity index (χ2v) is 2.01. The summed E-state index contributed by atoms with van der Waals surface area (Å²) in [7, 11) is 1.71. The van der Waals surface area contributed by atoms with Crippen LogP contribution in [-0.4, -0.2) is 23.7 Å². The fraction of sp³-hybridized carbons (Fsp3) is 0.500. The molecule has 0 aromatic heterocycles. The molecule has 0 radical (unpaired) electrons. The summed E-state index contributed by atoms with van der Waals surface area (Å²) in [5.74, 6) is 0.521. The van der Waals surface area contributed by atoms with E-state index in [4.69, 9.17) is 0 Å². The van der Waals surface area contributed by atoms with Crippen LogP contribution in [0, 0.1) is 0 Å². The molecule has 0 saturated heterocycles. The molecule has 0 aromatic carbocycles. The van der Waals surface area contributed by atoms with Gasteiger partial charge in [-0.1, -0.05) is 6.08 Å². The Labute approximate surface area is 61.0 Å². The van der Waals surface area contributed by atoms with Crippen molar-refractivity contribution < 1.29 is 4.79 Å². The lowest BCUT2D eigenvalue weighted by Crippen LogP contribution is -2.24. The van der Waals surface area contributed by atoms with Crippen LogP contribution in [0.1, 0.15) is 6.42 Å². The Hall–Kier alpha value is -0.440. The lowest BCUT2D eigenvalue weighted by Gasteiger charge is -2.11. The molecule has 0 atom stereocenters. The average molecular weight is 145 g/mol. The maximum absolute atomic E-state index is 10.8. The molecule has 0 spiro atoms. The summed E-state index contributed by atoms with van der Waals surface area (Å²) >= 11 is 3.92. The summed E-state index contributed by atoms with van der Waals surface area (Å²) in [6.45, 7) is 3.44. The Bertz CT molecular complexity index is 114. The first-order valence-corrected chi connectivity index (χ1v) is 3.31. The molecule has 0 bridgehead atoms. The molecule has 0 aromatic rings. The van der Waals surface area contributed by atoms with E-state index >= 15 is 0 Å². The van der Waals surface area contributed by atoms with Crippen LogP contribution in [0.25, 0.3) is 0 Å². The molecule has 0 fully saturated rings. The summed E-state index contributed by atoms with van der Waals surface area (Å²) in [5, 5.41) is 0. The molecule has 52 valence electrons. The highest BCUT2D eigenvalue weighted by Gasteiger charge is 2.01. The van der Waals surface area contributed by atoms with Crippen molar-refractivity contribution in [3.8, 4) is 0 Å². The van der Waals surface area contributed by atoms with Crippen LogP contribution in [0.15, 0.2) is 12.7 Å². The SMILES string of the molecule is C=CCC(=O)N(C)CS. The van der Waals surface area contributed by atoms with Crippen molar-refractivity contribution in [3.05, 3.63) is 12.7 Å². The first kappa shape index (κ1) is 8.56. The van der Waals surface area contributed by atoms with Gasteiger partial charge in [0.05, 0.1) is 5.88 Å². The van der Waals surface area contributed by atoms with E-state index in [1.807, 2.05) is 0 Å². The minimum absolute atomic E-state index is 0.0556. The smallest absolute Gasteiger partial charge is 0.226 e. The van der Waals surface area contributed by atoms with Gasteiger partial charge in [-0.25, -0.2) is 0 Å². The Morgan fingerprint density at radius 2 is 2.44 bits per heavy atom. The van der Waals surface area contributed by atoms with Crippen molar-refractivity contribution in [3.63, 3.8) is 0 Å². The van der Waals surface area contributed by atoms with Crippen LogP contribution < -0.4 is 0 Å². The van der Waals surface area contributed by atoms with E-state index in [1.54, 1.807) is 13.1 Å². The molecule has 0 aliphatic heterocycles. The van der Waals surface area contributed by atoms with E-state index in [1.165, 1.54) is 4.90 Å². The van der Waals surface area contributed by atoms with E-state index in [-0.39, 0.29) is 5.91 Å². The van der Waals surface area contributed by atoms with Gasteiger partial charge in [0.1, 0.15) is 0 Å². The molecule has 1 amide bonds. The van der Waals surface area contributed by atoms with Gasteiger partial charge >= 0.3 is 0 Å². The summed E-state index contributed by atoms with van der Waals surface area (Å²) in [6, 6.07) is 0. The van der Waals surface area contributed by atoms with Crippen LogP contribution in [0.3, 0.4) is 0 Å². The standard InChI is InChI=1S/C6H11NOS/c1-3-4-6(8)7(2)5-9/h3,9H,1,4-5H2,2H3. The molecule has 9 heavy (non-hydrogen) atoms. The van der Waals surface area contributed by atoms with Gasteiger partial charge < -0.3 is 4.90 Å². The highest BCUT2D eigenvalue weighted by Crippen LogP contribution is 1.91. The molecule has 0 heterocycles. The van der Waals surface area contributed by atoms with Gasteiger partial charge in [-0.3, -0.25) is 4.79 Å². The van der Waals surface area contributed by atoms with E-state index in [0.717, 1.165) is 0 Å². The molecule has 0 unspecified atom stereocenters. The molecule has 0 aliphatic rings. The fourth-order valence-corrected chi connectivity index (χ4v) is 0.516. The van der Waals surface area contributed by atoms with Gasteiger partial charge in [-0.2, -0.15) is 12.6 Å². The predicted molar refractivity (Wildman–Crippen MR) is 41.4 cm³/mol. The summed E-state index contributed by atoms with van der Waals surface area (Å²) in [6.07, 6.45) is 1.99. The Balaban J connectivity index is 3.58. The molecular formula is C6H11NOS. The first-order chi connectivity index (χ1) is 4.22. The zero-order chi connectivity index (χ0) is 7.28. The summed E-state index contributed by atoms with van der Waals surface area (Å²) < 4.78 is 0. The van der Waals surface area contributed by atoms with Crippen LogP contribution in [0.2, 0.25) is 0 Å². The van der Waals surface area contributed by atoms with Crippen LogP contribution in [-0.2, 0) is 4.79 Å². The van der Waals surface area contributed by atoms with Crippen LogP contribution >= 0.6 is 12.6 Å². The number of hydrogen-bond donors (Lipinski definition) is 1. The maximum atomic E-state index is 10.8. The van der Waals surface area contributed by atoms with Crippen molar-refractivity contribution in [1.29, 1.82) is 0 Å². The minimum atomic E-state index is 0.0556. The highest BCUT2D eigenvalue weighted by molar-refractivity contribution is 7.80. The van der Waals surface area contributed by atoms with Gasteiger partial charge in [0.15, 0.2) is 0 Å². The maximum Gasteiger partial charge on any atom is 0.226 e. The largest absolute Gasteiger partial charge is 0.336 e. The molecular weight excluding hydrogens is 134 g/mol. The van der Waals surface area contributed by atoms with Crippen molar-refractivity contribution in [1.82, 2.24) is 4.90 Å². The molecule has 0 saturated carbocycles.